The van der Waals surface area contributed by atoms with Crippen molar-refractivity contribution in [3.8, 4) is 22.4 Å². The summed E-state index contributed by atoms with van der Waals surface area (Å²) in [6.45, 7) is 0. The average molecular weight is 412 g/mol. The van der Waals surface area contributed by atoms with Crippen molar-refractivity contribution in [2.75, 3.05) is 24.7 Å². The summed E-state index contributed by atoms with van der Waals surface area (Å²) < 4.78 is 0. The molecule has 0 bridgehead atoms. The van der Waals surface area contributed by atoms with Gasteiger partial charge in [-0.1, -0.05) is 54.6 Å². The molecule has 3 aromatic rings. The van der Waals surface area contributed by atoms with Crippen LogP contribution in [-0.2, 0) is 0 Å². The topological polar surface area (TPSA) is 136 Å². The third-order valence-corrected chi connectivity index (χ3v) is 4.07. The maximum absolute atomic E-state index is 12.3. The lowest BCUT2D eigenvalue weighted by molar-refractivity contribution is -0.119. The van der Waals surface area contributed by atoms with E-state index in [1.54, 1.807) is 4.90 Å². The molecule has 2 aromatic carbocycles. The first-order chi connectivity index (χ1) is 13.4. The number of nitrogen functional groups attached to an aromatic ring is 1. The molecule has 0 fully saturated rings. The van der Waals surface area contributed by atoms with E-state index in [4.69, 9.17) is 16.9 Å². The average Bonchev–Trinajstić information content (AvgIpc) is 2.68. The van der Waals surface area contributed by atoms with E-state index >= 15 is 0 Å². The summed E-state index contributed by atoms with van der Waals surface area (Å²) in [5.74, 6) is -0.313. The second kappa shape index (κ2) is 9.03. The lowest BCUT2D eigenvalue weighted by atomic mass is 10.0. The second-order valence-corrected chi connectivity index (χ2v) is 6.38. The minimum atomic E-state index is -0.613. The lowest BCUT2D eigenvalue weighted by Crippen LogP contribution is -3.00. The molecule has 3 rings (SSSR count). The van der Waals surface area contributed by atoms with Crippen LogP contribution in [0.1, 0.15) is 10.5 Å². The van der Waals surface area contributed by atoms with E-state index < -0.39 is 5.91 Å². The molecule has 29 heavy (non-hydrogen) atoms. The van der Waals surface area contributed by atoms with Gasteiger partial charge in [0.15, 0.2) is 17.3 Å². The normalized spacial score (nSPS) is 10.0. The Labute approximate surface area is 174 Å². The molecule has 0 saturated carbocycles. The van der Waals surface area contributed by atoms with Crippen LogP contribution in [0.4, 0.5) is 11.6 Å². The number of amides is 1. The Morgan fingerprint density at radius 3 is 2.07 bits per heavy atom. The number of hydrogen-bond donors (Lipinski definition) is 4. The molecule has 1 amide bonds. The molecule has 0 aliphatic heterocycles. The summed E-state index contributed by atoms with van der Waals surface area (Å²) in [5, 5.41) is 7.64. The Morgan fingerprint density at radius 2 is 1.52 bits per heavy atom. The van der Waals surface area contributed by atoms with Crippen LogP contribution >= 0.6 is 0 Å². The number of aromatic nitrogens is 2. The fraction of sp³-hybridized carbons (Fsp3) is 0.100. The van der Waals surface area contributed by atoms with Gasteiger partial charge in [0.1, 0.15) is 5.69 Å². The van der Waals surface area contributed by atoms with E-state index in [0.717, 1.165) is 16.7 Å². The summed E-state index contributed by atoms with van der Waals surface area (Å²) >= 11 is 0. The van der Waals surface area contributed by atoms with Crippen LogP contribution in [0.3, 0.4) is 0 Å². The number of hydrogen-bond acceptors (Lipinski definition) is 5. The number of guanidine groups is 1. The van der Waals surface area contributed by atoms with Crippen molar-refractivity contribution in [3.05, 3.63) is 60.3 Å². The van der Waals surface area contributed by atoms with Gasteiger partial charge in [0, 0.05) is 19.7 Å². The Balaban J connectivity index is 0.00000300. The zero-order valence-electron chi connectivity index (χ0n) is 16.1. The first-order valence-electron chi connectivity index (χ1n) is 8.56. The molecule has 0 spiro atoms. The van der Waals surface area contributed by atoms with Gasteiger partial charge < -0.3 is 23.0 Å². The van der Waals surface area contributed by atoms with E-state index in [2.05, 4.69) is 15.3 Å². The highest BCUT2D eigenvalue weighted by Gasteiger charge is 2.22. The van der Waals surface area contributed by atoms with E-state index in [9.17, 15) is 4.79 Å². The van der Waals surface area contributed by atoms with E-state index in [0.29, 0.717) is 11.5 Å². The molecule has 9 heteroatoms. The monoisotopic (exact) mass is 411 g/mol. The molecule has 1 aromatic heterocycles. The Hall–Kier alpha value is -3.65. The first kappa shape index (κ1) is 21.6. The Bertz CT molecular complexity index is 1020. The van der Waals surface area contributed by atoms with Gasteiger partial charge in [-0.15, -0.1) is 0 Å². The number of halogens is 1. The fourth-order valence-corrected chi connectivity index (χ4v) is 2.75. The van der Waals surface area contributed by atoms with Crippen LogP contribution in [0.2, 0.25) is 0 Å². The smallest absolute Gasteiger partial charge is 0.346 e. The summed E-state index contributed by atoms with van der Waals surface area (Å²) in [5.41, 5.74) is 14.7. The van der Waals surface area contributed by atoms with E-state index in [-0.39, 0.29) is 29.9 Å². The van der Waals surface area contributed by atoms with Crippen LogP contribution in [0.5, 0.6) is 0 Å². The number of nitrogens with zero attached hydrogens (tertiary/aromatic N) is 3. The van der Waals surface area contributed by atoms with Gasteiger partial charge in [0.25, 0.3) is 0 Å². The number of carbonyl (C=O) groups is 1. The predicted octanol–water partition coefficient (Wildman–Crippen LogP) is -2.73. The molecule has 0 unspecified atom stereocenters. The molecular weight excluding hydrogens is 390 g/mol. The molecule has 7 N–H and O–H groups in total. The SMILES string of the molecule is CN(C)c1nc(N)c(C(=O)NC(N)=[NH2+])nc1-c1ccc(-c2ccccc2)cc1.[Cl-]. The number of nitrogens with one attached hydrogen (secondary N) is 1. The van der Waals surface area contributed by atoms with Crippen LogP contribution in [0.25, 0.3) is 22.4 Å². The van der Waals surface area contributed by atoms with Gasteiger partial charge in [0.2, 0.25) is 0 Å². The van der Waals surface area contributed by atoms with Crippen molar-refractivity contribution >= 4 is 23.5 Å². The van der Waals surface area contributed by atoms with Gasteiger partial charge in [-0.05, 0) is 11.1 Å². The number of anilines is 2. The van der Waals surface area contributed by atoms with Gasteiger partial charge in [0.05, 0.1) is 0 Å². The number of rotatable bonds is 4. The zero-order chi connectivity index (χ0) is 20.3. The number of carbonyl (C=O) groups excluding carboxylic acids is 1. The van der Waals surface area contributed by atoms with Gasteiger partial charge >= 0.3 is 11.9 Å². The minimum Gasteiger partial charge on any atom is -1.00 e. The van der Waals surface area contributed by atoms with Crippen LogP contribution in [0, 0.1) is 0 Å². The van der Waals surface area contributed by atoms with Crippen LogP contribution in [-0.4, -0.2) is 35.9 Å². The van der Waals surface area contributed by atoms with Crippen molar-refractivity contribution in [2.24, 2.45) is 5.73 Å². The molecule has 1 heterocycles. The Kier molecular flexibility index (Phi) is 6.74. The van der Waals surface area contributed by atoms with E-state index in [1.807, 2.05) is 68.7 Å². The highest BCUT2D eigenvalue weighted by Crippen LogP contribution is 2.30. The third kappa shape index (κ3) is 4.80. The molecule has 0 aliphatic rings. The predicted molar refractivity (Wildman–Crippen MR) is 110 cm³/mol. The summed E-state index contributed by atoms with van der Waals surface area (Å²) in [6, 6.07) is 17.9. The van der Waals surface area contributed by atoms with E-state index in [1.165, 1.54) is 0 Å². The molecule has 0 radical (unpaired) electrons. The maximum atomic E-state index is 12.3. The maximum Gasteiger partial charge on any atom is 0.346 e. The van der Waals surface area contributed by atoms with Gasteiger partial charge in [-0.3, -0.25) is 11.1 Å². The van der Waals surface area contributed by atoms with Crippen molar-refractivity contribution < 1.29 is 22.6 Å². The highest BCUT2D eigenvalue weighted by atomic mass is 35.5. The van der Waals surface area contributed by atoms with Gasteiger partial charge in [-0.2, -0.15) is 0 Å². The molecule has 150 valence electrons. The molecule has 0 atom stereocenters. The molecular formula is C20H22ClN7O. The Morgan fingerprint density at radius 1 is 0.966 bits per heavy atom. The van der Waals surface area contributed by atoms with Crippen LogP contribution < -0.4 is 39.5 Å². The van der Waals surface area contributed by atoms with Crippen molar-refractivity contribution in [3.63, 3.8) is 0 Å². The molecule has 0 aliphatic carbocycles. The van der Waals surface area contributed by atoms with Crippen LogP contribution in [0.15, 0.2) is 54.6 Å². The van der Waals surface area contributed by atoms with Gasteiger partial charge in [-0.25, -0.2) is 20.1 Å². The standard InChI is InChI=1S/C20H21N7O.ClH/c1-27(2)18-15(24-16(17(21)25-18)19(28)26-20(22)23)14-10-8-13(9-11-14)12-6-4-3-5-7-12;/h3-11H,1-2H3,(H2,21,25)(H4,22,23,26,28);1H. The number of benzene rings is 2. The minimum absolute atomic E-state index is 0. The quantitative estimate of drug-likeness (QED) is 0.272. The third-order valence-electron chi connectivity index (χ3n) is 4.07. The highest BCUT2D eigenvalue weighted by molar-refractivity contribution is 6.05. The summed E-state index contributed by atoms with van der Waals surface area (Å²) in [4.78, 5) is 22.9. The largest absolute Gasteiger partial charge is 1.00 e. The first-order valence-corrected chi connectivity index (χ1v) is 8.56. The lowest BCUT2D eigenvalue weighted by Gasteiger charge is -2.17. The van der Waals surface area contributed by atoms with Crippen molar-refractivity contribution in [1.82, 2.24) is 15.3 Å². The van der Waals surface area contributed by atoms with Crippen molar-refractivity contribution in [2.45, 2.75) is 0 Å². The second-order valence-electron chi connectivity index (χ2n) is 6.38. The van der Waals surface area contributed by atoms with Crippen molar-refractivity contribution in [1.29, 1.82) is 0 Å². The summed E-state index contributed by atoms with van der Waals surface area (Å²) in [6.07, 6.45) is 0. The molecule has 0 saturated heterocycles. The fourth-order valence-electron chi connectivity index (χ4n) is 2.75. The molecule has 8 nitrogen and oxygen atoms in total. The zero-order valence-corrected chi connectivity index (χ0v) is 16.8. The number of nitrogens with two attached hydrogens (primary N) is 3. The summed E-state index contributed by atoms with van der Waals surface area (Å²) in [7, 11) is 3.66.